The van der Waals surface area contributed by atoms with Crippen LogP contribution in [-0.4, -0.2) is 9.55 Å². The summed E-state index contributed by atoms with van der Waals surface area (Å²) in [5.41, 5.74) is 7.30. The topological polar surface area (TPSA) is 27.1 Å². The molecule has 0 unspecified atom stereocenters. The van der Waals surface area contributed by atoms with Crippen LogP contribution >= 0.6 is 0 Å². The molecule has 1 aromatic heterocycles. The van der Waals surface area contributed by atoms with Crippen LogP contribution in [0.25, 0.3) is 28.2 Å². The van der Waals surface area contributed by atoms with E-state index in [0.29, 0.717) is 17.7 Å². The van der Waals surface area contributed by atoms with E-state index in [9.17, 15) is 0 Å². The molecule has 4 aromatic carbocycles. The van der Waals surface area contributed by atoms with Gasteiger partial charge in [-0.25, -0.2) is 0 Å². The zero-order chi connectivity index (χ0) is 25.1. The van der Waals surface area contributed by atoms with Crippen LogP contribution in [0.5, 0.6) is 11.6 Å². The summed E-state index contributed by atoms with van der Waals surface area (Å²) in [5.74, 6) is 2.88. The molecule has 0 amide bonds. The largest absolute Gasteiger partial charge is 0.437 e. The van der Waals surface area contributed by atoms with E-state index < -0.39 is 0 Å². The second kappa shape index (κ2) is 10.2. The first-order chi connectivity index (χ1) is 17.5. The lowest BCUT2D eigenvalue weighted by Crippen LogP contribution is -2.08. The average molecular weight is 473 g/mol. The molecule has 1 heterocycles. The zero-order valence-corrected chi connectivity index (χ0v) is 21.3. The third kappa shape index (κ3) is 4.83. The van der Waals surface area contributed by atoms with Crippen molar-refractivity contribution < 1.29 is 4.74 Å². The molecule has 36 heavy (non-hydrogen) atoms. The second-order valence-corrected chi connectivity index (χ2v) is 9.73. The van der Waals surface area contributed by atoms with E-state index in [4.69, 9.17) is 9.72 Å². The van der Waals surface area contributed by atoms with E-state index >= 15 is 0 Å². The Morgan fingerprint density at radius 3 is 1.64 bits per heavy atom. The normalized spacial score (nSPS) is 11.3. The number of nitrogens with zero attached hydrogens (tertiary/aromatic N) is 2. The summed E-state index contributed by atoms with van der Waals surface area (Å²) in [6, 6.07) is 35.5. The molecular weight excluding hydrogens is 440 g/mol. The van der Waals surface area contributed by atoms with Gasteiger partial charge in [0.2, 0.25) is 5.88 Å². The Morgan fingerprint density at radius 1 is 0.611 bits per heavy atom. The Kier molecular flexibility index (Phi) is 6.73. The van der Waals surface area contributed by atoms with E-state index in [-0.39, 0.29) is 0 Å². The van der Waals surface area contributed by atoms with Gasteiger partial charge in [0, 0.05) is 5.56 Å². The summed E-state index contributed by atoms with van der Waals surface area (Å²) in [7, 11) is 0. The molecule has 0 aliphatic carbocycles. The van der Waals surface area contributed by atoms with Crippen molar-refractivity contribution >= 4 is 0 Å². The highest BCUT2D eigenvalue weighted by Crippen LogP contribution is 2.39. The first-order valence-corrected chi connectivity index (χ1v) is 12.6. The predicted octanol–water partition coefficient (Wildman–Crippen LogP) is 9.25. The van der Waals surface area contributed by atoms with Gasteiger partial charge in [-0.1, -0.05) is 107 Å². The number of hydrogen-bond acceptors (Lipinski definition) is 2. The SMILES string of the molecule is CC(C)c1cc(-c2ccccc2)cc(C(C)C)c1-n1cc(Oc2ccccc2)nc1-c1ccccc1. The van der Waals surface area contributed by atoms with Gasteiger partial charge in [-0.3, -0.25) is 4.57 Å². The van der Waals surface area contributed by atoms with Crippen molar-refractivity contribution in [2.75, 3.05) is 0 Å². The molecule has 0 saturated carbocycles. The van der Waals surface area contributed by atoms with Crippen molar-refractivity contribution in [3.8, 4) is 39.8 Å². The fourth-order valence-electron chi connectivity index (χ4n) is 4.61. The molecule has 5 rings (SSSR count). The Balaban J connectivity index is 1.75. The van der Waals surface area contributed by atoms with Gasteiger partial charge in [0.05, 0.1) is 11.9 Å². The monoisotopic (exact) mass is 472 g/mol. The first-order valence-electron chi connectivity index (χ1n) is 12.6. The number of aromatic nitrogens is 2. The minimum atomic E-state index is 0.325. The lowest BCUT2D eigenvalue weighted by atomic mass is 9.88. The predicted molar refractivity (Wildman–Crippen MR) is 149 cm³/mol. The Labute approximate surface area is 214 Å². The number of imidazole rings is 1. The molecule has 0 radical (unpaired) electrons. The molecule has 0 atom stereocenters. The lowest BCUT2D eigenvalue weighted by Gasteiger charge is -2.23. The van der Waals surface area contributed by atoms with Gasteiger partial charge < -0.3 is 4.74 Å². The molecule has 180 valence electrons. The highest BCUT2D eigenvalue weighted by molar-refractivity contribution is 5.71. The Bertz CT molecular complexity index is 1410. The first kappa shape index (κ1) is 23.6. The molecule has 0 fully saturated rings. The fraction of sp³-hybridized carbons (Fsp3) is 0.182. The van der Waals surface area contributed by atoms with Crippen molar-refractivity contribution in [2.24, 2.45) is 0 Å². The summed E-state index contributed by atoms with van der Waals surface area (Å²) in [4.78, 5) is 4.97. The maximum absolute atomic E-state index is 6.20. The van der Waals surface area contributed by atoms with Crippen molar-refractivity contribution in [3.63, 3.8) is 0 Å². The highest BCUT2D eigenvalue weighted by Gasteiger charge is 2.22. The van der Waals surface area contributed by atoms with Gasteiger partial charge in [0.1, 0.15) is 11.6 Å². The highest BCUT2D eigenvalue weighted by atomic mass is 16.5. The van der Waals surface area contributed by atoms with E-state index in [0.717, 1.165) is 17.1 Å². The minimum Gasteiger partial charge on any atom is -0.437 e. The molecular formula is C33H32N2O. The Hall–Kier alpha value is -4.11. The summed E-state index contributed by atoms with van der Waals surface area (Å²) in [5, 5.41) is 0. The molecule has 0 saturated heterocycles. The van der Waals surface area contributed by atoms with E-state index in [1.807, 2.05) is 42.6 Å². The number of rotatable bonds is 7. The smallest absolute Gasteiger partial charge is 0.238 e. The quantitative estimate of drug-likeness (QED) is 0.236. The van der Waals surface area contributed by atoms with Crippen LogP contribution in [0.1, 0.15) is 50.7 Å². The van der Waals surface area contributed by atoms with Gasteiger partial charge in [0.15, 0.2) is 0 Å². The zero-order valence-electron chi connectivity index (χ0n) is 21.3. The minimum absolute atomic E-state index is 0.325. The van der Waals surface area contributed by atoms with Gasteiger partial charge in [-0.15, -0.1) is 0 Å². The van der Waals surface area contributed by atoms with E-state index in [1.165, 1.54) is 27.9 Å². The summed E-state index contributed by atoms with van der Waals surface area (Å²) < 4.78 is 8.43. The molecule has 0 bridgehead atoms. The van der Waals surface area contributed by atoms with Crippen molar-refractivity contribution in [1.29, 1.82) is 0 Å². The summed E-state index contributed by atoms with van der Waals surface area (Å²) >= 11 is 0. The van der Waals surface area contributed by atoms with Gasteiger partial charge in [0.25, 0.3) is 0 Å². The van der Waals surface area contributed by atoms with Crippen LogP contribution < -0.4 is 4.74 Å². The standard InChI is InChI=1S/C33H32N2O/c1-23(2)29-20-27(25-14-8-5-9-15-25)21-30(24(3)4)32(29)35-22-31(36-28-18-12-7-13-19-28)34-33(35)26-16-10-6-11-17-26/h5-24H,1-4H3. The van der Waals surface area contributed by atoms with Gasteiger partial charge in [-0.2, -0.15) is 4.98 Å². The third-order valence-electron chi connectivity index (χ3n) is 6.44. The van der Waals surface area contributed by atoms with Crippen LogP contribution in [0, 0.1) is 0 Å². The molecule has 0 spiro atoms. The molecule has 0 N–H and O–H groups in total. The number of benzene rings is 4. The fourth-order valence-corrected chi connectivity index (χ4v) is 4.61. The maximum Gasteiger partial charge on any atom is 0.238 e. The second-order valence-electron chi connectivity index (χ2n) is 9.73. The van der Waals surface area contributed by atoms with Crippen LogP contribution in [-0.2, 0) is 0 Å². The molecule has 3 nitrogen and oxygen atoms in total. The molecule has 0 aliphatic rings. The van der Waals surface area contributed by atoms with E-state index in [1.54, 1.807) is 0 Å². The van der Waals surface area contributed by atoms with E-state index in [2.05, 4.69) is 99.0 Å². The molecule has 5 aromatic rings. The van der Waals surface area contributed by atoms with Crippen LogP contribution in [0.3, 0.4) is 0 Å². The van der Waals surface area contributed by atoms with Crippen LogP contribution in [0.4, 0.5) is 0 Å². The summed E-state index contributed by atoms with van der Waals surface area (Å²) in [6.07, 6.45) is 2.03. The average Bonchev–Trinajstić information content (AvgIpc) is 3.32. The molecule has 0 aliphatic heterocycles. The Morgan fingerprint density at radius 2 is 1.11 bits per heavy atom. The number of hydrogen-bond donors (Lipinski definition) is 0. The van der Waals surface area contributed by atoms with Crippen molar-refractivity contribution in [2.45, 2.75) is 39.5 Å². The van der Waals surface area contributed by atoms with Crippen LogP contribution in [0.15, 0.2) is 109 Å². The number of para-hydroxylation sites is 1. The van der Waals surface area contributed by atoms with Gasteiger partial charge in [-0.05, 0) is 58.4 Å². The third-order valence-corrected chi connectivity index (χ3v) is 6.44. The number of ether oxygens (including phenoxy) is 1. The lowest BCUT2D eigenvalue weighted by molar-refractivity contribution is 0.465. The van der Waals surface area contributed by atoms with Crippen molar-refractivity contribution in [3.05, 3.63) is 120 Å². The molecule has 3 heteroatoms. The maximum atomic E-state index is 6.20. The van der Waals surface area contributed by atoms with Crippen LogP contribution in [0.2, 0.25) is 0 Å². The van der Waals surface area contributed by atoms with Crippen molar-refractivity contribution in [1.82, 2.24) is 9.55 Å². The van der Waals surface area contributed by atoms with Gasteiger partial charge >= 0.3 is 0 Å². The summed E-state index contributed by atoms with van der Waals surface area (Å²) in [6.45, 7) is 9.05.